The maximum absolute atomic E-state index is 11.1. The number of likely N-dealkylation sites (tertiary alicyclic amines) is 1. The summed E-state index contributed by atoms with van der Waals surface area (Å²) in [4.78, 5) is 22.3. The lowest BCUT2D eigenvalue weighted by atomic mass is 10.0. The topological polar surface area (TPSA) is 66.3 Å². The Labute approximate surface area is 129 Å². The fourth-order valence-corrected chi connectivity index (χ4v) is 2.94. The van der Waals surface area contributed by atoms with E-state index < -0.39 is 5.97 Å². The van der Waals surface area contributed by atoms with Gasteiger partial charge in [-0.15, -0.1) is 0 Å². The monoisotopic (exact) mass is 297 g/mol. The van der Waals surface area contributed by atoms with E-state index in [0.717, 1.165) is 36.5 Å². The van der Waals surface area contributed by atoms with E-state index in [-0.39, 0.29) is 5.56 Å². The number of hydrogen-bond acceptors (Lipinski definition) is 4. The maximum Gasteiger partial charge on any atom is 0.335 e. The standard InChI is InChI=1S/C17H19N3O2/c1-20-6-5-12(11-20)7-15-9-18-10-16(19-15)13-3-2-4-14(8-13)17(21)22/h2-4,8-10,12H,5-7,11H2,1H3,(H,21,22)/t12-/m0/s1. The predicted octanol–water partition coefficient (Wildman–Crippen LogP) is 2.34. The van der Waals surface area contributed by atoms with Crippen molar-refractivity contribution in [3.63, 3.8) is 0 Å². The fraction of sp³-hybridized carbons (Fsp3) is 0.353. The lowest BCUT2D eigenvalue weighted by Gasteiger charge is -2.10. The molecular formula is C17H19N3O2. The molecule has 1 atom stereocenters. The summed E-state index contributed by atoms with van der Waals surface area (Å²) in [6, 6.07) is 6.82. The molecule has 0 amide bonds. The van der Waals surface area contributed by atoms with Crippen LogP contribution in [0.3, 0.4) is 0 Å². The van der Waals surface area contributed by atoms with Crippen molar-refractivity contribution < 1.29 is 9.90 Å². The first-order chi connectivity index (χ1) is 10.6. The van der Waals surface area contributed by atoms with Crippen molar-refractivity contribution in [3.05, 3.63) is 47.9 Å². The number of carboxylic acid groups (broad SMARTS) is 1. The molecule has 22 heavy (non-hydrogen) atoms. The summed E-state index contributed by atoms with van der Waals surface area (Å²) in [7, 11) is 2.14. The fourth-order valence-electron chi connectivity index (χ4n) is 2.94. The largest absolute Gasteiger partial charge is 0.478 e. The van der Waals surface area contributed by atoms with Crippen LogP contribution in [-0.2, 0) is 6.42 Å². The van der Waals surface area contributed by atoms with Gasteiger partial charge in [0.25, 0.3) is 0 Å². The Hall–Kier alpha value is -2.27. The molecule has 0 bridgehead atoms. The van der Waals surface area contributed by atoms with Gasteiger partial charge in [-0.3, -0.25) is 4.98 Å². The van der Waals surface area contributed by atoms with Gasteiger partial charge in [0.05, 0.1) is 23.1 Å². The lowest BCUT2D eigenvalue weighted by Crippen LogP contribution is -2.15. The summed E-state index contributed by atoms with van der Waals surface area (Å²) >= 11 is 0. The highest BCUT2D eigenvalue weighted by molar-refractivity contribution is 5.89. The first-order valence-corrected chi connectivity index (χ1v) is 7.45. The van der Waals surface area contributed by atoms with Gasteiger partial charge in [0.2, 0.25) is 0 Å². The smallest absolute Gasteiger partial charge is 0.335 e. The number of nitrogens with zero attached hydrogens (tertiary/aromatic N) is 3. The van der Waals surface area contributed by atoms with Gasteiger partial charge < -0.3 is 10.0 Å². The highest BCUT2D eigenvalue weighted by Crippen LogP contribution is 2.21. The molecule has 0 spiro atoms. The van der Waals surface area contributed by atoms with Crippen LogP contribution in [0.15, 0.2) is 36.7 Å². The summed E-state index contributed by atoms with van der Waals surface area (Å²) in [5.74, 6) is -0.306. The number of benzene rings is 1. The first kappa shape index (κ1) is 14.7. The minimum atomic E-state index is -0.931. The molecule has 1 aromatic heterocycles. The Morgan fingerprint density at radius 3 is 3.00 bits per heavy atom. The molecule has 1 saturated heterocycles. The first-order valence-electron chi connectivity index (χ1n) is 7.45. The minimum absolute atomic E-state index is 0.266. The van der Waals surface area contributed by atoms with Crippen molar-refractivity contribution in [2.45, 2.75) is 12.8 Å². The Morgan fingerprint density at radius 2 is 2.27 bits per heavy atom. The second-order valence-corrected chi connectivity index (χ2v) is 5.90. The summed E-state index contributed by atoms with van der Waals surface area (Å²) in [6.07, 6.45) is 5.61. The van der Waals surface area contributed by atoms with E-state index >= 15 is 0 Å². The average molecular weight is 297 g/mol. The molecule has 5 nitrogen and oxygen atoms in total. The normalized spacial score (nSPS) is 18.5. The van der Waals surface area contributed by atoms with E-state index in [0.29, 0.717) is 5.92 Å². The second-order valence-electron chi connectivity index (χ2n) is 5.90. The number of aromatic carboxylic acids is 1. The van der Waals surface area contributed by atoms with Gasteiger partial charge in [0.1, 0.15) is 0 Å². The molecule has 114 valence electrons. The van der Waals surface area contributed by atoms with Crippen molar-refractivity contribution >= 4 is 5.97 Å². The third kappa shape index (κ3) is 3.31. The molecule has 0 aliphatic carbocycles. The van der Waals surface area contributed by atoms with Gasteiger partial charge in [0.15, 0.2) is 0 Å². The third-order valence-corrected chi connectivity index (χ3v) is 4.08. The maximum atomic E-state index is 11.1. The van der Waals surface area contributed by atoms with Crippen molar-refractivity contribution in [2.75, 3.05) is 20.1 Å². The Kier molecular flexibility index (Phi) is 4.15. The van der Waals surface area contributed by atoms with Gasteiger partial charge in [0, 0.05) is 18.3 Å². The number of carboxylic acids is 1. The predicted molar refractivity (Wildman–Crippen MR) is 83.7 cm³/mol. The van der Waals surface area contributed by atoms with Crippen LogP contribution in [0.1, 0.15) is 22.5 Å². The average Bonchev–Trinajstić information content (AvgIpc) is 2.93. The number of hydrogen-bond donors (Lipinski definition) is 1. The molecule has 3 rings (SSSR count). The molecule has 5 heteroatoms. The van der Waals surface area contributed by atoms with E-state index in [1.807, 2.05) is 12.3 Å². The SMILES string of the molecule is CN1CC[C@@H](Cc2cncc(-c3cccc(C(=O)O)c3)n2)C1. The van der Waals surface area contributed by atoms with Crippen molar-refractivity contribution in [3.8, 4) is 11.3 Å². The van der Waals surface area contributed by atoms with Crippen molar-refractivity contribution in [1.29, 1.82) is 0 Å². The van der Waals surface area contributed by atoms with Gasteiger partial charge >= 0.3 is 5.97 Å². The Bertz CT molecular complexity index is 687. The highest BCUT2D eigenvalue weighted by atomic mass is 16.4. The molecule has 0 radical (unpaired) electrons. The van der Waals surface area contributed by atoms with Crippen LogP contribution in [0.2, 0.25) is 0 Å². The van der Waals surface area contributed by atoms with Crippen molar-refractivity contribution in [2.24, 2.45) is 5.92 Å². The van der Waals surface area contributed by atoms with Crippen LogP contribution in [0, 0.1) is 5.92 Å². The van der Waals surface area contributed by atoms with E-state index in [2.05, 4.69) is 21.9 Å². The molecule has 1 fully saturated rings. The van der Waals surface area contributed by atoms with E-state index in [1.165, 1.54) is 6.42 Å². The summed E-state index contributed by atoms with van der Waals surface area (Å²) in [5, 5.41) is 9.08. The summed E-state index contributed by atoms with van der Waals surface area (Å²) < 4.78 is 0. The summed E-state index contributed by atoms with van der Waals surface area (Å²) in [6.45, 7) is 2.23. The van der Waals surface area contributed by atoms with Crippen LogP contribution in [0.25, 0.3) is 11.3 Å². The zero-order chi connectivity index (χ0) is 15.5. The summed E-state index contributed by atoms with van der Waals surface area (Å²) in [5.41, 5.74) is 2.75. The minimum Gasteiger partial charge on any atom is -0.478 e. The van der Waals surface area contributed by atoms with Crippen LogP contribution < -0.4 is 0 Å². The Balaban J connectivity index is 1.81. The van der Waals surface area contributed by atoms with E-state index in [1.54, 1.807) is 24.4 Å². The van der Waals surface area contributed by atoms with Crippen LogP contribution >= 0.6 is 0 Å². The van der Waals surface area contributed by atoms with E-state index in [4.69, 9.17) is 5.11 Å². The molecule has 2 aromatic rings. The van der Waals surface area contributed by atoms with Gasteiger partial charge in [-0.1, -0.05) is 12.1 Å². The molecule has 1 aliphatic heterocycles. The zero-order valence-electron chi connectivity index (χ0n) is 12.6. The number of rotatable bonds is 4. The van der Waals surface area contributed by atoms with Gasteiger partial charge in [-0.25, -0.2) is 9.78 Å². The second kappa shape index (κ2) is 6.23. The molecule has 0 unspecified atom stereocenters. The van der Waals surface area contributed by atoms with Gasteiger partial charge in [-0.05, 0) is 44.5 Å². The molecular weight excluding hydrogens is 278 g/mol. The van der Waals surface area contributed by atoms with Gasteiger partial charge in [-0.2, -0.15) is 0 Å². The molecule has 0 saturated carbocycles. The van der Waals surface area contributed by atoms with Crippen LogP contribution in [0.4, 0.5) is 0 Å². The molecule has 1 aromatic carbocycles. The Morgan fingerprint density at radius 1 is 1.41 bits per heavy atom. The molecule has 2 heterocycles. The van der Waals surface area contributed by atoms with Crippen LogP contribution in [0.5, 0.6) is 0 Å². The van der Waals surface area contributed by atoms with E-state index in [9.17, 15) is 4.79 Å². The lowest BCUT2D eigenvalue weighted by molar-refractivity contribution is 0.0697. The third-order valence-electron chi connectivity index (χ3n) is 4.08. The zero-order valence-corrected chi connectivity index (χ0v) is 12.6. The number of aromatic nitrogens is 2. The molecule has 1 N–H and O–H groups in total. The number of carbonyl (C=O) groups is 1. The van der Waals surface area contributed by atoms with Crippen molar-refractivity contribution in [1.82, 2.24) is 14.9 Å². The molecule has 1 aliphatic rings. The highest BCUT2D eigenvalue weighted by Gasteiger charge is 2.20. The quantitative estimate of drug-likeness (QED) is 0.938. The van der Waals surface area contributed by atoms with Crippen LogP contribution in [-0.4, -0.2) is 46.1 Å².